The van der Waals surface area contributed by atoms with Crippen molar-refractivity contribution < 1.29 is 0 Å². The Kier molecular flexibility index (Phi) is 16.2. The molecule has 1 rings (SSSR count). The van der Waals surface area contributed by atoms with Crippen LogP contribution >= 0.6 is 0 Å². The summed E-state index contributed by atoms with van der Waals surface area (Å²) in [7, 11) is 1.89. The minimum absolute atomic E-state index is 0.0299. The molecule has 3 N–H and O–H groups in total. The highest BCUT2D eigenvalue weighted by molar-refractivity contribution is 5.80. The molecule has 3 nitrogen and oxygen atoms in total. The minimum Gasteiger partial charge on any atom is -0.387 e. The Morgan fingerprint density at radius 3 is 1.87 bits per heavy atom. The molecule has 0 heterocycles. The van der Waals surface area contributed by atoms with E-state index < -0.39 is 0 Å². The van der Waals surface area contributed by atoms with Gasteiger partial charge in [0.2, 0.25) is 0 Å². The molecule has 0 aliphatic rings. The van der Waals surface area contributed by atoms with E-state index in [4.69, 9.17) is 5.73 Å². The fourth-order valence-electron chi connectivity index (χ4n) is 1.43. The molecule has 23 heavy (non-hydrogen) atoms. The first-order chi connectivity index (χ1) is 10.9. The molecule has 0 fully saturated rings. The van der Waals surface area contributed by atoms with Crippen LogP contribution in [0.5, 0.6) is 0 Å². The second-order valence-corrected chi connectivity index (χ2v) is 5.96. The Labute approximate surface area is 144 Å². The second kappa shape index (κ2) is 15.5. The molecule has 1 aromatic carbocycles. The lowest BCUT2D eigenvalue weighted by Crippen LogP contribution is -2.20. The molecule has 0 saturated heterocycles. The number of aliphatic imine (C=N–C) groups is 1. The summed E-state index contributed by atoms with van der Waals surface area (Å²) in [4.78, 5) is 4.44. The van der Waals surface area contributed by atoms with Crippen LogP contribution in [0.4, 0.5) is 0 Å². The van der Waals surface area contributed by atoms with Crippen molar-refractivity contribution in [3.05, 3.63) is 35.9 Å². The quantitative estimate of drug-likeness (QED) is 0.545. The van der Waals surface area contributed by atoms with Gasteiger partial charge in [0.25, 0.3) is 0 Å². The molecule has 1 unspecified atom stereocenters. The van der Waals surface area contributed by atoms with Crippen molar-refractivity contribution in [2.75, 3.05) is 7.05 Å². The van der Waals surface area contributed by atoms with Gasteiger partial charge in [-0.1, -0.05) is 78.8 Å². The third kappa shape index (κ3) is 12.8. The molecule has 0 aromatic heterocycles. The van der Waals surface area contributed by atoms with Gasteiger partial charge in [-0.25, -0.2) is 4.99 Å². The number of rotatable bonds is 6. The maximum atomic E-state index is 5.81. The van der Waals surface area contributed by atoms with Crippen molar-refractivity contribution >= 4 is 5.84 Å². The Balaban J connectivity index is 0. The molecule has 0 radical (unpaired) electrons. The Morgan fingerprint density at radius 2 is 1.52 bits per heavy atom. The number of nitrogens with one attached hydrogen (secondary N) is 1. The average molecular weight is 322 g/mol. The average Bonchev–Trinajstić information content (AvgIpc) is 2.56. The lowest BCUT2D eigenvalue weighted by molar-refractivity contribution is 0.457. The largest absolute Gasteiger partial charge is 0.387 e. The molecule has 0 saturated carbocycles. The van der Waals surface area contributed by atoms with Gasteiger partial charge in [0.05, 0.1) is 5.84 Å². The Morgan fingerprint density at radius 1 is 1.04 bits per heavy atom. The molecule has 0 spiro atoms. The van der Waals surface area contributed by atoms with Crippen LogP contribution in [0.3, 0.4) is 0 Å². The monoisotopic (exact) mass is 321 g/mol. The lowest BCUT2D eigenvalue weighted by atomic mass is 10.0. The molecule has 1 aromatic rings. The third-order valence-electron chi connectivity index (χ3n) is 3.52. The van der Waals surface area contributed by atoms with Gasteiger partial charge in [0.15, 0.2) is 0 Å². The summed E-state index contributed by atoms with van der Waals surface area (Å²) in [5.74, 6) is 2.41. The molecule has 0 bridgehead atoms. The van der Waals surface area contributed by atoms with Crippen LogP contribution in [0, 0.1) is 11.8 Å². The first-order valence-corrected chi connectivity index (χ1v) is 8.96. The third-order valence-corrected chi connectivity index (χ3v) is 3.52. The van der Waals surface area contributed by atoms with Crippen LogP contribution in [-0.2, 0) is 0 Å². The van der Waals surface area contributed by atoms with Gasteiger partial charge in [0.1, 0.15) is 6.17 Å². The van der Waals surface area contributed by atoms with Gasteiger partial charge in [-0.2, -0.15) is 0 Å². The molecule has 0 aliphatic carbocycles. The number of hydrogen-bond acceptors (Lipinski definition) is 2. The predicted octanol–water partition coefficient (Wildman–Crippen LogP) is 5.39. The van der Waals surface area contributed by atoms with E-state index in [0.717, 1.165) is 30.2 Å². The van der Waals surface area contributed by atoms with E-state index >= 15 is 0 Å². The highest BCUT2D eigenvalue weighted by Crippen LogP contribution is 2.13. The standard InChI is InChI=1S/C12H19N3.C6H14.C2H6/c1-3-7-11(13)15-12(14-2)10-8-5-4-6-9-10;1-5(2)6(3)4;1-2/h4-6,8-9,12,14H,3,7H2,1-2H3,(H2,13,15);5-6H,1-4H3;1-2H3. The molecule has 1 atom stereocenters. The van der Waals surface area contributed by atoms with Crippen molar-refractivity contribution in [2.45, 2.75) is 67.5 Å². The molecule has 3 heteroatoms. The van der Waals surface area contributed by atoms with E-state index in [1.54, 1.807) is 0 Å². The highest BCUT2D eigenvalue weighted by Gasteiger charge is 2.06. The summed E-state index contributed by atoms with van der Waals surface area (Å²) in [5, 5.41) is 3.14. The first kappa shape index (κ1) is 23.9. The fraction of sp³-hybridized carbons (Fsp3) is 0.650. The van der Waals surface area contributed by atoms with Gasteiger partial charge < -0.3 is 5.73 Å². The molecular weight excluding hydrogens is 282 g/mol. The zero-order valence-corrected chi connectivity index (χ0v) is 16.6. The van der Waals surface area contributed by atoms with Crippen LogP contribution in [0.25, 0.3) is 0 Å². The van der Waals surface area contributed by atoms with Crippen LogP contribution in [0.1, 0.15) is 73.0 Å². The molecule has 0 amide bonds. The van der Waals surface area contributed by atoms with Gasteiger partial charge >= 0.3 is 0 Å². The fourth-order valence-corrected chi connectivity index (χ4v) is 1.43. The van der Waals surface area contributed by atoms with E-state index in [2.05, 4.69) is 44.9 Å². The summed E-state index contributed by atoms with van der Waals surface area (Å²) in [6, 6.07) is 10.1. The van der Waals surface area contributed by atoms with Crippen LogP contribution in [0.15, 0.2) is 35.3 Å². The molecule has 134 valence electrons. The second-order valence-electron chi connectivity index (χ2n) is 5.96. The van der Waals surface area contributed by atoms with Crippen molar-refractivity contribution in [2.24, 2.45) is 22.6 Å². The lowest BCUT2D eigenvalue weighted by Gasteiger charge is -2.12. The summed E-state index contributed by atoms with van der Waals surface area (Å²) in [5.41, 5.74) is 6.95. The Hall–Kier alpha value is -1.35. The number of nitrogens with zero attached hydrogens (tertiary/aromatic N) is 1. The van der Waals surface area contributed by atoms with Crippen LogP contribution in [-0.4, -0.2) is 12.9 Å². The summed E-state index contributed by atoms with van der Waals surface area (Å²) < 4.78 is 0. The van der Waals surface area contributed by atoms with Crippen molar-refractivity contribution in [1.82, 2.24) is 5.32 Å². The maximum absolute atomic E-state index is 5.81. The van der Waals surface area contributed by atoms with Crippen LogP contribution in [0.2, 0.25) is 0 Å². The van der Waals surface area contributed by atoms with Crippen molar-refractivity contribution in [3.8, 4) is 0 Å². The normalized spacial score (nSPS) is 12.2. The smallest absolute Gasteiger partial charge is 0.127 e. The number of hydrogen-bond donors (Lipinski definition) is 2. The first-order valence-electron chi connectivity index (χ1n) is 8.96. The van der Waals surface area contributed by atoms with E-state index in [1.807, 2.05) is 51.2 Å². The molecular formula is C20H39N3. The van der Waals surface area contributed by atoms with Crippen molar-refractivity contribution in [3.63, 3.8) is 0 Å². The van der Waals surface area contributed by atoms with Gasteiger partial charge in [-0.3, -0.25) is 5.32 Å². The number of amidine groups is 1. The van der Waals surface area contributed by atoms with Gasteiger partial charge in [-0.05, 0) is 30.9 Å². The zero-order chi connectivity index (χ0) is 18.3. The highest BCUT2D eigenvalue weighted by atomic mass is 15.1. The number of nitrogens with two attached hydrogens (primary N) is 1. The summed E-state index contributed by atoms with van der Waals surface area (Å²) in [6.07, 6.45) is 1.85. The van der Waals surface area contributed by atoms with Gasteiger partial charge in [0, 0.05) is 6.42 Å². The summed E-state index contributed by atoms with van der Waals surface area (Å²) in [6.45, 7) is 15.1. The SMILES string of the molecule is CC.CC(C)C(C)C.CCC/C(N)=N/C(NC)c1ccccc1. The van der Waals surface area contributed by atoms with E-state index in [0.29, 0.717) is 5.84 Å². The predicted molar refractivity (Wildman–Crippen MR) is 106 cm³/mol. The van der Waals surface area contributed by atoms with Crippen LogP contribution < -0.4 is 11.1 Å². The number of benzene rings is 1. The summed E-state index contributed by atoms with van der Waals surface area (Å²) >= 11 is 0. The van der Waals surface area contributed by atoms with E-state index in [-0.39, 0.29) is 6.17 Å². The van der Waals surface area contributed by atoms with Gasteiger partial charge in [-0.15, -0.1) is 0 Å². The molecule has 0 aliphatic heterocycles. The zero-order valence-electron chi connectivity index (χ0n) is 16.6. The minimum atomic E-state index is -0.0299. The van der Waals surface area contributed by atoms with Crippen molar-refractivity contribution in [1.29, 1.82) is 0 Å². The van der Waals surface area contributed by atoms with E-state index in [9.17, 15) is 0 Å². The topological polar surface area (TPSA) is 50.4 Å². The maximum Gasteiger partial charge on any atom is 0.127 e. The van der Waals surface area contributed by atoms with E-state index in [1.165, 1.54) is 0 Å². The Bertz CT molecular complexity index is 377.